The Morgan fingerprint density at radius 3 is 2.54 bits per heavy atom. The topological polar surface area (TPSA) is 46.9 Å². The summed E-state index contributed by atoms with van der Waals surface area (Å²) >= 11 is 1.45. The van der Waals surface area contributed by atoms with E-state index in [0.717, 1.165) is 16.4 Å². The molecular formula is C21H23N3OS. The third-order valence-corrected chi connectivity index (χ3v) is 5.31. The van der Waals surface area contributed by atoms with Crippen LogP contribution in [0.15, 0.2) is 66.1 Å². The molecule has 5 heteroatoms. The quantitative estimate of drug-likeness (QED) is 0.656. The smallest absolute Gasteiger partial charge is 0.230 e. The molecule has 4 nitrogen and oxygen atoms in total. The lowest BCUT2D eigenvalue weighted by atomic mass is 10.0. The molecule has 134 valence electrons. The SMILES string of the molecule is Cc1ccccc1C(C)NC(=O)CSc1nccn1-c1ccccc1C. The zero-order valence-corrected chi connectivity index (χ0v) is 16.1. The zero-order chi connectivity index (χ0) is 18.5. The third kappa shape index (κ3) is 4.17. The van der Waals surface area contributed by atoms with Gasteiger partial charge in [0.15, 0.2) is 5.16 Å². The van der Waals surface area contributed by atoms with E-state index in [0.29, 0.717) is 5.75 Å². The molecule has 0 aliphatic heterocycles. The van der Waals surface area contributed by atoms with Gasteiger partial charge in [0.2, 0.25) is 5.91 Å². The van der Waals surface area contributed by atoms with Crippen molar-refractivity contribution in [2.24, 2.45) is 0 Å². The Kier molecular flexibility index (Phi) is 5.78. The molecule has 0 aliphatic carbocycles. The van der Waals surface area contributed by atoms with Crippen molar-refractivity contribution in [3.8, 4) is 5.69 Å². The average Bonchev–Trinajstić information content (AvgIpc) is 3.09. The summed E-state index contributed by atoms with van der Waals surface area (Å²) in [6.07, 6.45) is 3.70. The maximum Gasteiger partial charge on any atom is 0.230 e. The monoisotopic (exact) mass is 365 g/mol. The minimum Gasteiger partial charge on any atom is -0.349 e. The number of para-hydroxylation sites is 1. The third-order valence-electron chi connectivity index (χ3n) is 4.35. The standard InChI is InChI=1S/C21H23N3OS/c1-15-8-4-6-10-18(15)17(3)23-20(25)14-26-21-22-12-13-24(21)19-11-7-5-9-16(19)2/h4-13,17H,14H2,1-3H3,(H,23,25). The molecule has 0 radical (unpaired) electrons. The number of amides is 1. The molecule has 0 bridgehead atoms. The van der Waals surface area contributed by atoms with Gasteiger partial charge in [-0.15, -0.1) is 0 Å². The highest BCUT2D eigenvalue weighted by molar-refractivity contribution is 7.99. The van der Waals surface area contributed by atoms with Crippen LogP contribution in [-0.2, 0) is 4.79 Å². The van der Waals surface area contributed by atoms with Crippen molar-refractivity contribution in [3.05, 3.63) is 77.6 Å². The maximum atomic E-state index is 12.4. The molecule has 3 aromatic rings. The molecule has 1 N–H and O–H groups in total. The Hall–Kier alpha value is -2.53. The summed E-state index contributed by atoms with van der Waals surface area (Å²) in [5.41, 5.74) is 4.58. The lowest BCUT2D eigenvalue weighted by Gasteiger charge is -2.16. The van der Waals surface area contributed by atoms with Gasteiger partial charge >= 0.3 is 0 Å². The Morgan fingerprint density at radius 2 is 1.81 bits per heavy atom. The first-order valence-electron chi connectivity index (χ1n) is 8.63. The minimum atomic E-state index is -0.0135. The van der Waals surface area contributed by atoms with E-state index in [4.69, 9.17) is 0 Å². The second-order valence-corrected chi connectivity index (χ2v) is 7.24. The molecule has 2 aromatic carbocycles. The van der Waals surface area contributed by atoms with Crippen LogP contribution in [0.3, 0.4) is 0 Å². The van der Waals surface area contributed by atoms with Crippen LogP contribution >= 0.6 is 11.8 Å². The van der Waals surface area contributed by atoms with E-state index in [1.165, 1.54) is 22.9 Å². The molecule has 26 heavy (non-hydrogen) atoms. The molecule has 1 aromatic heterocycles. The fourth-order valence-electron chi connectivity index (χ4n) is 2.98. The van der Waals surface area contributed by atoms with Crippen LogP contribution in [-0.4, -0.2) is 21.2 Å². The number of aromatic nitrogens is 2. The Labute approximate surface area is 158 Å². The number of rotatable bonds is 6. The van der Waals surface area contributed by atoms with Crippen LogP contribution < -0.4 is 5.32 Å². The summed E-state index contributed by atoms with van der Waals surface area (Å²) in [6.45, 7) is 6.14. The number of nitrogens with one attached hydrogen (secondary N) is 1. The molecule has 0 aliphatic rings. The van der Waals surface area contributed by atoms with Gasteiger partial charge in [0, 0.05) is 12.4 Å². The van der Waals surface area contributed by atoms with Crippen molar-refractivity contribution < 1.29 is 4.79 Å². The average molecular weight is 366 g/mol. The number of nitrogens with zero attached hydrogens (tertiary/aromatic N) is 2. The molecule has 0 spiro atoms. The van der Waals surface area contributed by atoms with Crippen LogP contribution in [0, 0.1) is 13.8 Å². The lowest BCUT2D eigenvalue weighted by molar-refractivity contribution is -0.119. The summed E-state index contributed by atoms with van der Waals surface area (Å²) < 4.78 is 2.03. The maximum absolute atomic E-state index is 12.4. The highest BCUT2D eigenvalue weighted by Gasteiger charge is 2.14. The second-order valence-electron chi connectivity index (χ2n) is 6.30. The summed E-state index contributed by atoms with van der Waals surface area (Å²) in [7, 11) is 0. The van der Waals surface area contributed by atoms with Gasteiger partial charge in [-0.1, -0.05) is 54.2 Å². The molecule has 3 rings (SSSR count). The highest BCUT2D eigenvalue weighted by Crippen LogP contribution is 2.23. The summed E-state index contributed by atoms with van der Waals surface area (Å²) in [4.78, 5) is 16.8. The first kappa shape index (κ1) is 18.3. The van der Waals surface area contributed by atoms with Crippen LogP contribution in [0.25, 0.3) is 5.69 Å². The van der Waals surface area contributed by atoms with Crippen LogP contribution in [0.5, 0.6) is 0 Å². The lowest BCUT2D eigenvalue weighted by Crippen LogP contribution is -2.28. The van der Waals surface area contributed by atoms with E-state index in [1.54, 1.807) is 6.20 Å². The van der Waals surface area contributed by atoms with E-state index in [1.807, 2.05) is 42.0 Å². The van der Waals surface area contributed by atoms with Gasteiger partial charge in [0.25, 0.3) is 0 Å². The molecule has 0 saturated heterocycles. The number of thioether (sulfide) groups is 1. The molecule has 1 amide bonds. The number of carbonyl (C=O) groups is 1. The fourth-order valence-corrected chi connectivity index (χ4v) is 3.75. The van der Waals surface area contributed by atoms with E-state index in [2.05, 4.69) is 48.4 Å². The first-order chi connectivity index (χ1) is 12.6. The van der Waals surface area contributed by atoms with Gasteiger partial charge in [-0.3, -0.25) is 9.36 Å². The molecule has 1 unspecified atom stereocenters. The van der Waals surface area contributed by atoms with Crippen molar-refractivity contribution in [2.75, 3.05) is 5.75 Å². The predicted octanol–water partition coefficient (Wildman–Crippen LogP) is 4.46. The normalized spacial score (nSPS) is 12.0. The minimum absolute atomic E-state index is 0.00471. The highest BCUT2D eigenvalue weighted by atomic mass is 32.2. The summed E-state index contributed by atoms with van der Waals surface area (Å²) in [5.74, 6) is 0.337. The van der Waals surface area contributed by atoms with Crippen molar-refractivity contribution in [1.82, 2.24) is 14.9 Å². The van der Waals surface area contributed by atoms with E-state index < -0.39 is 0 Å². The van der Waals surface area contributed by atoms with Crippen molar-refractivity contribution in [3.63, 3.8) is 0 Å². The summed E-state index contributed by atoms with van der Waals surface area (Å²) in [6, 6.07) is 16.3. The predicted molar refractivity (Wildman–Crippen MR) is 107 cm³/mol. The van der Waals surface area contributed by atoms with Crippen molar-refractivity contribution in [2.45, 2.75) is 32.0 Å². The first-order valence-corrected chi connectivity index (χ1v) is 9.62. The number of hydrogen-bond donors (Lipinski definition) is 1. The van der Waals surface area contributed by atoms with Gasteiger partial charge < -0.3 is 5.32 Å². The van der Waals surface area contributed by atoms with Gasteiger partial charge in [-0.2, -0.15) is 0 Å². The largest absolute Gasteiger partial charge is 0.349 e. The van der Waals surface area contributed by atoms with Crippen molar-refractivity contribution >= 4 is 17.7 Å². The van der Waals surface area contributed by atoms with Crippen molar-refractivity contribution in [1.29, 1.82) is 0 Å². The fraction of sp³-hybridized carbons (Fsp3) is 0.238. The zero-order valence-electron chi connectivity index (χ0n) is 15.3. The summed E-state index contributed by atoms with van der Waals surface area (Å²) in [5, 5.41) is 3.89. The van der Waals surface area contributed by atoms with Crippen LogP contribution in [0.4, 0.5) is 0 Å². The van der Waals surface area contributed by atoms with Crippen LogP contribution in [0.1, 0.15) is 29.7 Å². The van der Waals surface area contributed by atoms with Gasteiger partial charge in [0.1, 0.15) is 0 Å². The number of aryl methyl sites for hydroxylation is 2. The van der Waals surface area contributed by atoms with E-state index in [9.17, 15) is 4.79 Å². The second kappa shape index (κ2) is 8.23. The number of hydrogen-bond acceptors (Lipinski definition) is 3. The van der Waals surface area contributed by atoms with E-state index >= 15 is 0 Å². The number of imidazole rings is 1. The van der Waals surface area contributed by atoms with Gasteiger partial charge in [0.05, 0.1) is 17.5 Å². The molecular weight excluding hydrogens is 342 g/mol. The molecule has 1 heterocycles. The number of benzene rings is 2. The molecule has 0 fully saturated rings. The number of carbonyl (C=O) groups excluding carboxylic acids is 1. The Bertz CT molecular complexity index is 904. The Morgan fingerprint density at radius 1 is 1.12 bits per heavy atom. The van der Waals surface area contributed by atoms with Gasteiger partial charge in [-0.25, -0.2) is 4.98 Å². The van der Waals surface area contributed by atoms with E-state index in [-0.39, 0.29) is 11.9 Å². The molecule has 1 atom stereocenters. The van der Waals surface area contributed by atoms with Gasteiger partial charge in [-0.05, 0) is 43.5 Å². The Balaban J connectivity index is 1.63. The molecule has 0 saturated carbocycles. The van der Waals surface area contributed by atoms with Crippen LogP contribution in [0.2, 0.25) is 0 Å².